The quantitative estimate of drug-likeness (QED) is 0.371. The standard InChI is InChI=1S/C19H21N5O3S/c1-12-14(10-20)22-11-15-18(12)24-19(23-15)28-8-5-21-13-3-4-16(26-2)17(9-13)27-7-6-25/h3-4,9,11,21,25H,5-8H2,1-2H3,(H,23,24). The van der Waals surface area contributed by atoms with Crippen LogP contribution in [0.25, 0.3) is 11.0 Å². The highest BCUT2D eigenvalue weighted by Crippen LogP contribution is 2.30. The molecule has 0 unspecified atom stereocenters. The van der Waals surface area contributed by atoms with Crippen molar-refractivity contribution in [2.75, 3.05) is 37.9 Å². The lowest BCUT2D eigenvalue weighted by Gasteiger charge is -2.12. The zero-order valence-corrected chi connectivity index (χ0v) is 16.5. The predicted molar refractivity (Wildman–Crippen MR) is 108 cm³/mol. The number of nitrogens with one attached hydrogen (secondary N) is 2. The second kappa shape index (κ2) is 9.30. The third-order valence-corrected chi connectivity index (χ3v) is 4.91. The van der Waals surface area contributed by atoms with Crippen LogP contribution >= 0.6 is 11.8 Å². The number of pyridine rings is 1. The van der Waals surface area contributed by atoms with E-state index in [0.29, 0.717) is 23.7 Å². The van der Waals surface area contributed by atoms with E-state index in [1.165, 1.54) is 0 Å². The fraction of sp³-hybridized carbons (Fsp3) is 0.316. The van der Waals surface area contributed by atoms with Crippen LogP contribution in [0, 0.1) is 18.3 Å². The van der Waals surface area contributed by atoms with Gasteiger partial charge >= 0.3 is 0 Å². The molecule has 0 atom stereocenters. The van der Waals surface area contributed by atoms with E-state index in [1.54, 1.807) is 25.1 Å². The van der Waals surface area contributed by atoms with Crippen LogP contribution in [0.2, 0.25) is 0 Å². The molecular formula is C19H21N5O3S. The SMILES string of the molecule is COc1ccc(NCCSc2nc3c(C)c(C#N)ncc3[nH]2)cc1OCCO. The Bertz CT molecular complexity index is 999. The summed E-state index contributed by atoms with van der Waals surface area (Å²) in [6.45, 7) is 2.72. The Kier molecular flexibility index (Phi) is 6.57. The number of rotatable bonds is 9. The van der Waals surface area contributed by atoms with E-state index in [0.717, 1.165) is 33.2 Å². The summed E-state index contributed by atoms with van der Waals surface area (Å²) in [7, 11) is 1.58. The van der Waals surface area contributed by atoms with E-state index >= 15 is 0 Å². The number of benzene rings is 1. The normalized spacial score (nSPS) is 10.6. The summed E-state index contributed by atoms with van der Waals surface area (Å²) < 4.78 is 10.8. The first-order chi connectivity index (χ1) is 13.7. The van der Waals surface area contributed by atoms with Crippen molar-refractivity contribution in [3.8, 4) is 17.6 Å². The van der Waals surface area contributed by atoms with Gasteiger partial charge in [-0.2, -0.15) is 5.26 Å². The number of nitriles is 1. The molecule has 9 heteroatoms. The molecule has 0 radical (unpaired) electrons. The van der Waals surface area contributed by atoms with Crippen molar-refractivity contribution >= 4 is 28.5 Å². The first kappa shape index (κ1) is 19.8. The molecule has 1 aromatic carbocycles. The number of ether oxygens (including phenoxy) is 2. The Morgan fingerprint density at radius 3 is 2.96 bits per heavy atom. The van der Waals surface area contributed by atoms with Gasteiger partial charge in [0.15, 0.2) is 16.7 Å². The second-order valence-electron chi connectivity index (χ2n) is 5.86. The molecule has 28 heavy (non-hydrogen) atoms. The van der Waals surface area contributed by atoms with E-state index in [4.69, 9.17) is 19.8 Å². The molecule has 2 heterocycles. The summed E-state index contributed by atoms with van der Waals surface area (Å²) in [5.74, 6) is 2.00. The maximum absolute atomic E-state index is 9.07. The predicted octanol–water partition coefficient (Wildman–Crippen LogP) is 2.72. The fourth-order valence-electron chi connectivity index (χ4n) is 2.66. The Morgan fingerprint density at radius 2 is 2.21 bits per heavy atom. The number of hydrogen-bond donors (Lipinski definition) is 3. The van der Waals surface area contributed by atoms with E-state index < -0.39 is 0 Å². The third-order valence-electron chi connectivity index (χ3n) is 4.03. The number of anilines is 1. The highest BCUT2D eigenvalue weighted by molar-refractivity contribution is 7.99. The van der Waals surface area contributed by atoms with Crippen LogP contribution in [-0.4, -0.2) is 52.7 Å². The first-order valence-electron chi connectivity index (χ1n) is 8.70. The monoisotopic (exact) mass is 399 g/mol. The molecule has 0 spiro atoms. The molecule has 0 aliphatic heterocycles. The number of nitrogens with zero attached hydrogens (tertiary/aromatic N) is 3. The number of aromatic amines is 1. The van der Waals surface area contributed by atoms with Crippen molar-refractivity contribution in [1.29, 1.82) is 5.26 Å². The van der Waals surface area contributed by atoms with E-state index in [-0.39, 0.29) is 13.2 Å². The van der Waals surface area contributed by atoms with Crippen molar-refractivity contribution in [2.24, 2.45) is 0 Å². The van der Waals surface area contributed by atoms with Crippen LogP contribution in [0.5, 0.6) is 11.5 Å². The number of fused-ring (bicyclic) bond motifs is 1. The Morgan fingerprint density at radius 1 is 1.36 bits per heavy atom. The number of aryl methyl sites for hydroxylation is 1. The summed E-state index contributed by atoms with van der Waals surface area (Å²) in [4.78, 5) is 11.9. The zero-order valence-electron chi connectivity index (χ0n) is 15.7. The molecule has 0 fully saturated rings. The van der Waals surface area contributed by atoms with Crippen molar-refractivity contribution in [3.63, 3.8) is 0 Å². The van der Waals surface area contributed by atoms with Crippen molar-refractivity contribution in [3.05, 3.63) is 35.7 Å². The molecule has 3 aromatic rings. The topological polar surface area (TPSA) is 116 Å². The highest BCUT2D eigenvalue weighted by Gasteiger charge is 2.10. The molecule has 0 amide bonds. The van der Waals surface area contributed by atoms with Crippen LogP contribution < -0.4 is 14.8 Å². The number of thioether (sulfide) groups is 1. The molecule has 3 N–H and O–H groups in total. The maximum Gasteiger partial charge on any atom is 0.166 e. The van der Waals surface area contributed by atoms with Gasteiger partial charge in [0.05, 0.1) is 30.9 Å². The van der Waals surface area contributed by atoms with Crippen LogP contribution in [0.4, 0.5) is 5.69 Å². The number of aliphatic hydroxyl groups excluding tert-OH is 1. The average molecular weight is 399 g/mol. The lowest BCUT2D eigenvalue weighted by molar-refractivity contribution is 0.196. The smallest absolute Gasteiger partial charge is 0.166 e. The summed E-state index contributed by atoms with van der Waals surface area (Å²) in [5, 5.41) is 22.1. The number of H-pyrrole nitrogens is 1. The fourth-order valence-corrected chi connectivity index (χ4v) is 3.40. The molecule has 0 aliphatic carbocycles. The van der Waals surface area contributed by atoms with Gasteiger partial charge in [0, 0.05) is 29.6 Å². The van der Waals surface area contributed by atoms with Gasteiger partial charge in [-0.1, -0.05) is 11.8 Å². The summed E-state index contributed by atoms with van der Waals surface area (Å²) in [6, 6.07) is 7.66. The van der Waals surface area contributed by atoms with Crippen LogP contribution in [0.1, 0.15) is 11.3 Å². The van der Waals surface area contributed by atoms with Crippen LogP contribution in [0.15, 0.2) is 29.6 Å². The molecule has 146 valence electrons. The minimum Gasteiger partial charge on any atom is -0.493 e. The minimum atomic E-state index is -0.0557. The van der Waals surface area contributed by atoms with Gasteiger partial charge in [-0.15, -0.1) is 0 Å². The van der Waals surface area contributed by atoms with E-state index in [2.05, 4.69) is 26.3 Å². The lowest BCUT2D eigenvalue weighted by Crippen LogP contribution is -2.06. The van der Waals surface area contributed by atoms with Crippen LogP contribution in [-0.2, 0) is 0 Å². The molecule has 8 nitrogen and oxygen atoms in total. The Balaban J connectivity index is 1.58. The summed E-state index contributed by atoms with van der Waals surface area (Å²) in [5.41, 5.74) is 3.69. The average Bonchev–Trinajstić information content (AvgIpc) is 3.14. The molecule has 2 aromatic heterocycles. The third kappa shape index (κ3) is 4.47. The van der Waals surface area contributed by atoms with Crippen molar-refractivity contribution in [1.82, 2.24) is 15.0 Å². The minimum absolute atomic E-state index is 0.0557. The number of imidazole rings is 1. The zero-order chi connectivity index (χ0) is 19.9. The van der Waals surface area contributed by atoms with Gasteiger partial charge in [0.2, 0.25) is 0 Å². The Hall–Kier alpha value is -2.96. The number of aromatic nitrogens is 3. The first-order valence-corrected chi connectivity index (χ1v) is 9.68. The molecule has 0 saturated heterocycles. The van der Waals surface area contributed by atoms with Gasteiger partial charge in [0.1, 0.15) is 18.4 Å². The van der Waals surface area contributed by atoms with Crippen molar-refractivity contribution < 1.29 is 14.6 Å². The van der Waals surface area contributed by atoms with E-state index in [9.17, 15) is 0 Å². The van der Waals surface area contributed by atoms with Crippen LogP contribution in [0.3, 0.4) is 0 Å². The largest absolute Gasteiger partial charge is 0.493 e. The molecule has 0 aliphatic rings. The molecule has 0 saturated carbocycles. The molecule has 3 rings (SSSR count). The van der Waals surface area contributed by atoms with Gasteiger partial charge in [0.25, 0.3) is 0 Å². The summed E-state index contributed by atoms with van der Waals surface area (Å²) >= 11 is 1.58. The Labute approximate surface area is 166 Å². The van der Waals surface area contributed by atoms with Gasteiger partial charge < -0.3 is 24.9 Å². The maximum atomic E-state index is 9.07. The van der Waals surface area contributed by atoms with Crippen molar-refractivity contribution in [2.45, 2.75) is 12.1 Å². The highest BCUT2D eigenvalue weighted by atomic mass is 32.2. The number of methoxy groups -OCH3 is 1. The summed E-state index contributed by atoms with van der Waals surface area (Å²) in [6.07, 6.45) is 1.64. The van der Waals surface area contributed by atoms with E-state index in [1.807, 2.05) is 25.1 Å². The molecular weight excluding hydrogens is 378 g/mol. The number of hydrogen-bond acceptors (Lipinski definition) is 8. The van der Waals surface area contributed by atoms with Gasteiger partial charge in [-0.05, 0) is 19.1 Å². The van der Waals surface area contributed by atoms with Gasteiger partial charge in [-0.25, -0.2) is 9.97 Å². The second-order valence-corrected chi connectivity index (χ2v) is 6.94. The lowest BCUT2D eigenvalue weighted by atomic mass is 10.2. The van der Waals surface area contributed by atoms with Gasteiger partial charge in [-0.3, -0.25) is 0 Å². The molecule has 0 bridgehead atoms. The number of aliphatic hydroxyl groups is 1.